The minimum absolute atomic E-state index is 0.0791. The van der Waals surface area contributed by atoms with Crippen LogP contribution in [0.1, 0.15) is 12.0 Å². The molecule has 3 rings (SSSR count). The Morgan fingerprint density at radius 2 is 2.00 bits per heavy atom. The Hall–Kier alpha value is -2.14. The molecule has 0 bridgehead atoms. The Labute approximate surface area is 145 Å². The molecule has 2 aromatic rings. The second kappa shape index (κ2) is 7.62. The lowest BCUT2D eigenvalue weighted by Crippen LogP contribution is -2.33. The van der Waals surface area contributed by atoms with Crippen molar-refractivity contribution in [3.05, 3.63) is 60.2 Å². The number of hydrogen-bond acceptors (Lipinski definition) is 2. The van der Waals surface area contributed by atoms with Gasteiger partial charge in [0.15, 0.2) is 0 Å². The molecule has 2 amide bonds. The van der Waals surface area contributed by atoms with Gasteiger partial charge in [-0.2, -0.15) is 0 Å². The summed E-state index contributed by atoms with van der Waals surface area (Å²) in [5.74, 6) is 0.507. The smallest absolute Gasteiger partial charge is 0.321 e. The summed E-state index contributed by atoms with van der Waals surface area (Å²) in [6.45, 7) is 1.56. The highest BCUT2D eigenvalue weighted by Gasteiger charge is 2.26. The number of carbonyl (C=O) groups is 1. The fourth-order valence-corrected chi connectivity index (χ4v) is 3.65. The molecule has 0 radical (unpaired) electrons. The summed E-state index contributed by atoms with van der Waals surface area (Å²) in [6.07, 6.45) is 3.67. The molecular formula is C19H22N2O2S. The Morgan fingerprint density at radius 3 is 2.75 bits per heavy atom. The molecule has 126 valence electrons. The summed E-state index contributed by atoms with van der Waals surface area (Å²) in [6, 6.07) is 17.5. The zero-order valence-electron chi connectivity index (χ0n) is 13.8. The maximum atomic E-state index is 12.4. The summed E-state index contributed by atoms with van der Waals surface area (Å²) in [5.41, 5.74) is 2.02. The lowest BCUT2D eigenvalue weighted by atomic mass is 9.99. The number of urea groups is 1. The topological polar surface area (TPSA) is 49.4 Å². The first-order valence-corrected chi connectivity index (χ1v) is 9.71. The molecule has 4 nitrogen and oxygen atoms in total. The van der Waals surface area contributed by atoms with E-state index < -0.39 is 10.8 Å². The Morgan fingerprint density at radius 1 is 1.21 bits per heavy atom. The monoisotopic (exact) mass is 342 g/mol. The second-order valence-electron chi connectivity index (χ2n) is 6.20. The molecule has 0 saturated carbocycles. The van der Waals surface area contributed by atoms with Crippen molar-refractivity contribution in [2.45, 2.75) is 17.7 Å². The first-order chi connectivity index (χ1) is 11.6. The van der Waals surface area contributed by atoms with E-state index in [9.17, 15) is 9.00 Å². The van der Waals surface area contributed by atoms with Gasteiger partial charge in [-0.3, -0.25) is 4.21 Å². The van der Waals surface area contributed by atoms with Crippen LogP contribution in [0, 0.1) is 5.92 Å². The maximum absolute atomic E-state index is 12.4. The number of carbonyl (C=O) groups excluding carboxylic acids is 1. The molecule has 2 atom stereocenters. The number of nitrogens with zero attached hydrogens (tertiary/aromatic N) is 1. The van der Waals surface area contributed by atoms with Crippen molar-refractivity contribution in [2.24, 2.45) is 5.92 Å². The quantitative estimate of drug-likeness (QED) is 0.924. The second-order valence-corrected chi connectivity index (χ2v) is 7.58. The van der Waals surface area contributed by atoms with Crippen LogP contribution in [0.25, 0.3) is 0 Å². The summed E-state index contributed by atoms with van der Waals surface area (Å²) >= 11 is 0. The van der Waals surface area contributed by atoms with Gasteiger partial charge in [-0.25, -0.2) is 4.79 Å². The van der Waals surface area contributed by atoms with Crippen LogP contribution in [0.4, 0.5) is 10.5 Å². The van der Waals surface area contributed by atoms with E-state index in [1.807, 2.05) is 23.1 Å². The van der Waals surface area contributed by atoms with E-state index in [4.69, 9.17) is 0 Å². The molecule has 1 saturated heterocycles. The van der Waals surface area contributed by atoms with Gasteiger partial charge in [0.25, 0.3) is 0 Å². The number of amides is 2. The highest BCUT2D eigenvalue weighted by Crippen LogP contribution is 2.22. The zero-order valence-corrected chi connectivity index (χ0v) is 14.6. The highest BCUT2D eigenvalue weighted by atomic mass is 32.2. The normalized spacial score (nSPS) is 18.4. The van der Waals surface area contributed by atoms with Crippen LogP contribution in [0.15, 0.2) is 59.5 Å². The van der Waals surface area contributed by atoms with Crippen LogP contribution in [-0.4, -0.2) is 34.5 Å². The first kappa shape index (κ1) is 16.7. The molecule has 1 aliphatic rings. The maximum Gasteiger partial charge on any atom is 0.321 e. The molecule has 1 fully saturated rings. The lowest BCUT2D eigenvalue weighted by molar-refractivity contribution is 0.221. The third-order valence-electron chi connectivity index (χ3n) is 4.36. The van der Waals surface area contributed by atoms with Crippen LogP contribution in [0.2, 0.25) is 0 Å². The fourth-order valence-electron chi connectivity index (χ4n) is 3.09. The zero-order chi connectivity index (χ0) is 16.9. The molecule has 0 unspecified atom stereocenters. The summed E-state index contributed by atoms with van der Waals surface area (Å²) < 4.78 is 11.5. The SMILES string of the molecule is C[S@](=O)c1cccc(NC(=O)N2CC[C@H](Cc3ccccc3)C2)c1. The molecule has 1 N–H and O–H groups in total. The van der Waals surface area contributed by atoms with Gasteiger partial charge in [0.1, 0.15) is 0 Å². The summed E-state index contributed by atoms with van der Waals surface area (Å²) in [5, 5.41) is 2.92. The molecule has 0 aromatic heterocycles. The van der Waals surface area contributed by atoms with Crippen LogP contribution in [0.5, 0.6) is 0 Å². The molecule has 2 aromatic carbocycles. The van der Waals surface area contributed by atoms with Crippen molar-refractivity contribution in [3.63, 3.8) is 0 Å². The van der Waals surface area contributed by atoms with E-state index in [2.05, 4.69) is 29.6 Å². The Kier molecular flexibility index (Phi) is 5.30. The molecular weight excluding hydrogens is 320 g/mol. The van der Waals surface area contributed by atoms with Crippen LogP contribution in [0.3, 0.4) is 0 Å². The van der Waals surface area contributed by atoms with Crippen molar-refractivity contribution in [1.29, 1.82) is 0 Å². The third-order valence-corrected chi connectivity index (χ3v) is 5.28. The van der Waals surface area contributed by atoms with E-state index in [1.165, 1.54) is 5.56 Å². The minimum atomic E-state index is -1.05. The molecule has 1 aliphatic heterocycles. The molecule has 5 heteroatoms. The number of rotatable bonds is 4. The van der Waals surface area contributed by atoms with Crippen molar-refractivity contribution in [2.75, 3.05) is 24.7 Å². The van der Waals surface area contributed by atoms with Crippen molar-refractivity contribution in [1.82, 2.24) is 4.90 Å². The highest BCUT2D eigenvalue weighted by molar-refractivity contribution is 7.84. The number of anilines is 1. The molecule has 1 heterocycles. The van der Waals surface area contributed by atoms with Gasteiger partial charge < -0.3 is 10.2 Å². The standard InChI is InChI=1S/C19H22N2O2S/c1-24(23)18-9-5-8-17(13-18)20-19(22)21-11-10-16(14-21)12-15-6-3-2-4-7-15/h2-9,13,16H,10-12,14H2,1H3,(H,20,22)/t16-,24+/m1/s1. The largest absolute Gasteiger partial charge is 0.324 e. The van der Waals surface area contributed by atoms with Crippen LogP contribution in [-0.2, 0) is 17.2 Å². The lowest BCUT2D eigenvalue weighted by Gasteiger charge is -2.18. The van der Waals surface area contributed by atoms with Crippen LogP contribution < -0.4 is 5.32 Å². The van der Waals surface area contributed by atoms with Gasteiger partial charge in [-0.05, 0) is 42.5 Å². The molecule has 0 spiro atoms. The third kappa shape index (κ3) is 4.23. The van der Waals surface area contributed by atoms with Crippen molar-refractivity contribution in [3.8, 4) is 0 Å². The van der Waals surface area contributed by atoms with Crippen molar-refractivity contribution < 1.29 is 9.00 Å². The number of likely N-dealkylation sites (tertiary alicyclic amines) is 1. The van der Waals surface area contributed by atoms with Gasteiger partial charge in [-0.15, -0.1) is 0 Å². The minimum Gasteiger partial charge on any atom is -0.324 e. The Balaban J connectivity index is 1.56. The summed E-state index contributed by atoms with van der Waals surface area (Å²) in [7, 11) is -1.05. The predicted molar refractivity (Wildman–Crippen MR) is 97.6 cm³/mol. The van der Waals surface area contributed by atoms with Gasteiger partial charge in [0.2, 0.25) is 0 Å². The number of benzene rings is 2. The van der Waals surface area contributed by atoms with E-state index in [-0.39, 0.29) is 6.03 Å². The number of nitrogens with one attached hydrogen (secondary N) is 1. The van der Waals surface area contributed by atoms with Gasteiger partial charge in [-0.1, -0.05) is 36.4 Å². The average Bonchev–Trinajstić information content (AvgIpc) is 3.04. The van der Waals surface area contributed by atoms with Crippen molar-refractivity contribution >= 4 is 22.5 Å². The predicted octanol–water partition coefficient (Wildman–Crippen LogP) is 3.52. The number of hydrogen-bond donors (Lipinski definition) is 1. The van der Waals surface area contributed by atoms with Crippen LogP contribution >= 0.6 is 0 Å². The fraction of sp³-hybridized carbons (Fsp3) is 0.316. The molecule has 0 aliphatic carbocycles. The van der Waals surface area contributed by atoms with E-state index >= 15 is 0 Å². The van der Waals surface area contributed by atoms with Gasteiger partial charge in [0.05, 0.1) is 0 Å². The average molecular weight is 342 g/mol. The molecule has 24 heavy (non-hydrogen) atoms. The Bertz CT molecular complexity index is 733. The van der Waals surface area contributed by atoms with E-state index in [0.29, 0.717) is 11.6 Å². The van der Waals surface area contributed by atoms with E-state index in [0.717, 1.165) is 30.8 Å². The van der Waals surface area contributed by atoms with E-state index in [1.54, 1.807) is 18.4 Å². The van der Waals surface area contributed by atoms with Gasteiger partial charge in [0, 0.05) is 40.7 Å². The summed E-state index contributed by atoms with van der Waals surface area (Å²) in [4.78, 5) is 15.0. The van der Waals surface area contributed by atoms with Gasteiger partial charge >= 0.3 is 6.03 Å². The first-order valence-electron chi connectivity index (χ1n) is 8.15.